The maximum Gasteiger partial charge on any atom is 0.308 e. The fourth-order valence-corrected chi connectivity index (χ4v) is 3.35. The molecule has 1 atom stereocenters. The van der Waals surface area contributed by atoms with Gasteiger partial charge < -0.3 is 10.0 Å². The second-order valence-electron chi connectivity index (χ2n) is 4.78. The van der Waals surface area contributed by atoms with E-state index in [1.54, 1.807) is 10.5 Å². The number of hydrogen-bond donors (Lipinski definition) is 1. The summed E-state index contributed by atoms with van der Waals surface area (Å²) in [6.07, 6.45) is 5.36. The summed E-state index contributed by atoms with van der Waals surface area (Å²) in [5.74, 6) is -1.53. The number of halogens is 1. The molecular weight excluding hydrogens is 314 g/mol. The number of nitrogens with zero attached hydrogens (tertiary/aromatic N) is 3. The average Bonchev–Trinajstić information content (AvgIpc) is 3.11. The van der Waals surface area contributed by atoms with Crippen molar-refractivity contribution >= 4 is 45.9 Å². The van der Waals surface area contributed by atoms with Gasteiger partial charge in [0.25, 0.3) is 0 Å². The van der Waals surface area contributed by atoms with Crippen molar-refractivity contribution in [1.82, 2.24) is 14.3 Å². The van der Waals surface area contributed by atoms with Gasteiger partial charge in [-0.3, -0.25) is 14.0 Å². The molecule has 1 N–H and O–H groups in total. The molecule has 0 bridgehead atoms. The van der Waals surface area contributed by atoms with Crippen LogP contribution in [0.4, 0.5) is 0 Å². The first-order valence-electron chi connectivity index (χ1n) is 6.37. The quantitative estimate of drug-likeness (QED) is 0.876. The lowest BCUT2D eigenvalue weighted by Gasteiger charge is -2.12. The van der Waals surface area contributed by atoms with E-state index in [-0.39, 0.29) is 12.5 Å². The Morgan fingerprint density at radius 1 is 1.52 bits per heavy atom. The third-order valence-corrected chi connectivity index (χ3v) is 4.52. The van der Waals surface area contributed by atoms with Gasteiger partial charge in [-0.15, -0.1) is 11.3 Å². The Hall–Kier alpha value is -1.86. The van der Waals surface area contributed by atoms with Crippen LogP contribution in [-0.2, 0) is 9.59 Å². The second-order valence-corrected chi connectivity index (χ2v) is 6.02. The van der Waals surface area contributed by atoms with Gasteiger partial charge >= 0.3 is 5.97 Å². The number of fused-ring (bicyclic) bond motifs is 1. The van der Waals surface area contributed by atoms with E-state index in [0.717, 1.165) is 4.96 Å². The summed E-state index contributed by atoms with van der Waals surface area (Å²) in [4.78, 5) is 29.4. The number of carbonyl (C=O) groups is 2. The van der Waals surface area contributed by atoms with Crippen molar-refractivity contribution in [3.63, 3.8) is 0 Å². The molecule has 2 aromatic rings. The van der Waals surface area contributed by atoms with Gasteiger partial charge in [0.1, 0.15) is 0 Å². The third kappa shape index (κ3) is 2.66. The van der Waals surface area contributed by atoms with Crippen LogP contribution in [0.3, 0.4) is 0 Å². The topological polar surface area (TPSA) is 74.9 Å². The Morgan fingerprint density at radius 3 is 3.05 bits per heavy atom. The monoisotopic (exact) mass is 325 g/mol. The molecule has 1 aliphatic heterocycles. The van der Waals surface area contributed by atoms with Gasteiger partial charge in [-0.25, -0.2) is 4.98 Å². The molecule has 0 radical (unpaired) electrons. The zero-order valence-corrected chi connectivity index (χ0v) is 12.5. The number of thiazole rings is 1. The van der Waals surface area contributed by atoms with E-state index in [2.05, 4.69) is 4.98 Å². The third-order valence-electron chi connectivity index (χ3n) is 3.49. The Bertz CT molecular complexity index is 736. The smallest absolute Gasteiger partial charge is 0.308 e. The van der Waals surface area contributed by atoms with Gasteiger partial charge in [0.2, 0.25) is 5.91 Å². The zero-order valence-electron chi connectivity index (χ0n) is 10.9. The van der Waals surface area contributed by atoms with Crippen LogP contribution in [-0.4, -0.2) is 44.4 Å². The number of amides is 1. The summed E-state index contributed by atoms with van der Waals surface area (Å²) in [5, 5.41) is 11.2. The number of carboxylic acids is 1. The van der Waals surface area contributed by atoms with Crippen LogP contribution in [0, 0.1) is 5.92 Å². The molecule has 1 saturated heterocycles. The highest BCUT2D eigenvalue weighted by Gasteiger charge is 2.29. The molecule has 6 nitrogen and oxygen atoms in total. The van der Waals surface area contributed by atoms with E-state index < -0.39 is 11.9 Å². The van der Waals surface area contributed by atoms with Crippen LogP contribution in [0.2, 0.25) is 5.15 Å². The molecule has 3 rings (SSSR count). The Kier molecular flexibility index (Phi) is 3.69. The van der Waals surface area contributed by atoms with Crippen molar-refractivity contribution in [2.75, 3.05) is 13.1 Å². The van der Waals surface area contributed by atoms with Crippen molar-refractivity contribution in [2.24, 2.45) is 5.92 Å². The summed E-state index contributed by atoms with van der Waals surface area (Å²) in [7, 11) is 0. The summed E-state index contributed by atoms with van der Waals surface area (Å²) in [5.41, 5.74) is 0.648. The summed E-state index contributed by atoms with van der Waals surface area (Å²) in [6, 6.07) is 0. The number of imidazole rings is 1. The van der Waals surface area contributed by atoms with E-state index in [0.29, 0.717) is 23.8 Å². The highest BCUT2D eigenvalue weighted by atomic mass is 35.5. The maximum absolute atomic E-state index is 12.1. The zero-order chi connectivity index (χ0) is 15.0. The van der Waals surface area contributed by atoms with E-state index >= 15 is 0 Å². The summed E-state index contributed by atoms with van der Waals surface area (Å²) in [6.45, 7) is 0.723. The van der Waals surface area contributed by atoms with Gasteiger partial charge in [0, 0.05) is 30.7 Å². The Labute approximate surface area is 129 Å². The van der Waals surface area contributed by atoms with E-state index in [1.807, 2.05) is 11.6 Å². The number of aromatic nitrogens is 2. The molecule has 1 aliphatic rings. The lowest BCUT2D eigenvalue weighted by molar-refractivity contribution is -0.141. The van der Waals surface area contributed by atoms with Crippen LogP contribution in [0.5, 0.6) is 0 Å². The van der Waals surface area contributed by atoms with Crippen LogP contribution >= 0.6 is 22.9 Å². The molecule has 1 fully saturated rings. The normalized spacial score (nSPS) is 18.9. The van der Waals surface area contributed by atoms with Crippen molar-refractivity contribution < 1.29 is 14.7 Å². The molecule has 8 heteroatoms. The van der Waals surface area contributed by atoms with Crippen molar-refractivity contribution in [3.8, 4) is 0 Å². The van der Waals surface area contributed by atoms with Gasteiger partial charge in [0.15, 0.2) is 10.1 Å². The maximum atomic E-state index is 12.1. The largest absolute Gasteiger partial charge is 0.481 e. The van der Waals surface area contributed by atoms with Crippen molar-refractivity contribution in [3.05, 3.63) is 28.5 Å². The molecular formula is C13H12ClN3O3S. The first-order valence-corrected chi connectivity index (χ1v) is 7.63. The molecule has 2 aromatic heterocycles. The molecule has 0 spiro atoms. The number of rotatable bonds is 3. The minimum absolute atomic E-state index is 0.208. The lowest BCUT2D eigenvalue weighted by Crippen LogP contribution is -2.28. The van der Waals surface area contributed by atoms with E-state index in [4.69, 9.17) is 16.7 Å². The highest BCUT2D eigenvalue weighted by molar-refractivity contribution is 7.15. The number of likely N-dealkylation sites (tertiary alicyclic amines) is 1. The highest BCUT2D eigenvalue weighted by Crippen LogP contribution is 2.23. The fraction of sp³-hybridized carbons (Fsp3) is 0.308. The Balaban J connectivity index is 1.74. The standard InChI is InChI=1S/C13H12ClN3O3S/c14-11-9(17-5-6-21-13(17)15-11)1-2-10(18)16-4-3-8(7-16)12(19)20/h1-2,5-6,8H,3-4,7H2,(H,19,20)/b2-1+. The van der Waals surface area contributed by atoms with E-state index in [1.165, 1.54) is 22.3 Å². The fourth-order valence-electron chi connectivity index (χ4n) is 2.34. The summed E-state index contributed by atoms with van der Waals surface area (Å²) >= 11 is 7.50. The molecule has 0 aromatic carbocycles. The lowest BCUT2D eigenvalue weighted by atomic mass is 10.1. The minimum atomic E-state index is -0.854. The van der Waals surface area contributed by atoms with Crippen molar-refractivity contribution in [1.29, 1.82) is 0 Å². The molecule has 0 saturated carbocycles. The van der Waals surface area contributed by atoms with Gasteiger partial charge in [0.05, 0.1) is 11.6 Å². The van der Waals surface area contributed by atoms with Crippen LogP contribution in [0.25, 0.3) is 11.0 Å². The number of hydrogen-bond acceptors (Lipinski definition) is 4. The number of aliphatic carboxylic acids is 1. The van der Waals surface area contributed by atoms with Crippen molar-refractivity contribution in [2.45, 2.75) is 6.42 Å². The predicted octanol–water partition coefficient (Wildman–Crippen LogP) is 2.00. The van der Waals surface area contributed by atoms with E-state index in [9.17, 15) is 9.59 Å². The number of carbonyl (C=O) groups excluding carboxylic acids is 1. The first-order chi connectivity index (χ1) is 10.1. The first kappa shape index (κ1) is 14.1. The molecule has 3 heterocycles. The van der Waals surface area contributed by atoms with Gasteiger partial charge in [-0.2, -0.15) is 0 Å². The van der Waals surface area contributed by atoms with Crippen LogP contribution in [0.1, 0.15) is 12.1 Å². The minimum Gasteiger partial charge on any atom is -0.481 e. The van der Waals surface area contributed by atoms with Crippen LogP contribution in [0.15, 0.2) is 17.7 Å². The molecule has 1 amide bonds. The second kappa shape index (κ2) is 5.50. The SMILES string of the molecule is O=C(O)C1CCN(C(=O)/C=C/c2c(Cl)nc3sccn23)C1. The average molecular weight is 326 g/mol. The molecule has 110 valence electrons. The molecule has 21 heavy (non-hydrogen) atoms. The number of carboxylic acid groups (broad SMARTS) is 1. The predicted molar refractivity (Wildman–Crippen MR) is 79.4 cm³/mol. The van der Waals surface area contributed by atoms with Gasteiger partial charge in [-0.05, 0) is 12.5 Å². The summed E-state index contributed by atoms with van der Waals surface area (Å²) < 4.78 is 1.81. The molecule has 1 unspecified atom stereocenters. The molecule has 0 aliphatic carbocycles. The van der Waals surface area contributed by atoms with Crippen LogP contribution < -0.4 is 0 Å². The van der Waals surface area contributed by atoms with Gasteiger partial charge in [-0.1, -0.05) is 11.6 Å². The Morgan fingerprint density at radius 2 is 2.33 bits per heavy atom.